The minimum absolute atomic E-state index is 0.106. The van der Waals surface area contributed by atoms with Crippen LogP contribution in [0, 0.1) is 5.92 Å². The van der Waals surface area contributed by atoms with Crippen LogP contribution in [0.1, 0.15) is 58.9 Å². The summed E-state index contributed by atoms with van der Waals surface area (Å²) >= 11 is 1.70. The van der Waals surface area contributed by atoms with Crippen LogP contribution in [0.3, 0.4) is 0 Å². The second kappa shape index (κ2) is 8.03. The zero-order valence-electron chi connectivity index (χ0n) is 13.4. The van der Waals surface area contributed by atoms with Gasteiger partial charge in [-0.3, -0.25) is 4.57 Å². The maximum Gasteiger partial charge on any atom is 0.344 e. The maximum atomic E-state index is 11.8. The largest absolute Gasteiger partial charge is 0.344 e. The van der Waals surface area contributed by atoms with E-state index in [0.29, 0.717) is 6.04 Å². The van der Waals surface area contributed by atoms with Gasteiger partial charge in [0.2, 0.25) is 0 Å². The minimum Gasteiger partial charge on any atom is -0.313 e. The topological polar surface area (TPSA) is 62.7 Å². The molecule has 0 bridgehead atoms. The second-order valence-electron chi connectivity index (χ2n) is 6.15. The molecule has 1 atom stereocenters. The highest BCUT2D eigenvalue weighted by molar-refractivity contribution is 7.99. The average Bonchev–Trinajstić information content (AvgIpc) is 2.85. The number of aromatic amines is 1. The molecule has 1 heterocycles. The molecule has 1 fully saturated rings. The zero-order valence-corrected chi connectivity index (χ0v) is 14.2. The first kappa shape index (κ1) is 16.6. The number of hydrogen-bond donors (Lipinski definition) is 2. The molecular formula is C15H28N4OS. The van der Waals surface area contributed by atoms with Gasteiger partial charge in [0.1, 0.15) is 0 Å². The van der Waals surface area contributed by atoms with Gasteiger partial charge in [-0.25, -0.2) is 9.89 Å². The first-order valence-corrected chi connectivity index (χ1v) is 9.15. The Morgan fingerprint density at radius 1 is 1.38 bits per heavy atom. The SMILES string of the molecule is CCNC(CSc1n[nH]c(=O)n1C(C)C)C1CCCCC1. The monoisotopic (exact) mass is 312 g/mol. The smallest absolute Gasteiger partial charge is 0.313 e. The fourth-order valence-electron chi connectivity index (χ4n) is 3.17. The van der Waals surface area contributed by atoms with Gasteiger partial charge in [-0.1, -0.05) is 37.9 Å². The molecule has 0 spiro atoms. The van der Waals surface area contributed by atoms with Gasteiger partial charge < -0.3 is 5.32 Å². The van der Waals surface area contributed by atoms with Gasteiger partial charge in [-0.15, -0.1) is 5.10 Å². The summed E-state index contributed by atoms with van der Waals surface area (Å²) in [5.41, 5.74) is -0.106. The Hall–Kier alpha value is -0.750. The molecule has 1 unspecified atom stereocenters. The lowest BCUT2D eigenvalue weighted by Crippen LogP contribution is -2.39. The fraction of sp³-hybridized carbons (Fsp3) is 0.867. The lowest BCUT2D eigenvalue weighted by Gasteiger charge is -2.30. The van der Waals surface area contributed by atoms with Crippen molar-refractivity contribution in [3.63, 3.8) is 0 Å². The molecule has 1 saturated carbocycles. The summed E-state index contributed by atoms with van der Waals surface area (Å²) in [7, 11) is 0. The van der Waals surface area contributed by atoms with Gasteiger partial charge in [0.25, 0.3) is 0 Å². The molecule has 21 heavy (non-hydrogen) atoms. The second-order valence-corrected chi connectivity index (χ2v) is 7.14. The van der Waals surface area contributed by atoms with E-state index in [9.17, 15) is 4.79 Å². The Morgan fingerprint density at radius 3 is 2.71 bits per heavy atom. The van der Waals surface area contributed by atoms with Gasteiger partial charge in [-0.2, -0.15) is 0 Å². The summed E-state index contributed by atoms with van der Waals surface area (Å²) in [6, 6.07) is 0.665. The van der Waals surface area contributed by atoms with Crippen LogP contribution in [-0.4, -0.2) is 33.1 Å². The number of rotatable bonds is 7. The van der Waals surface area contributed by atoms with Crippen LogP contribution in [0.15, 0.2) is 9.95 Å². The standard InChI is InChI=1S/C15H28N4OS/c1-4-16-13(12-8-6-5-7-9-12)10-21-15-18-17-14(20)19(15)11(2)3/h11-13,16H,4-10H2,1-3H3,(H,17,20). The van der Waals surface area contributed by atoms with Crippen molar-refractivity contribution in [3.05, 3.63) is 10.5 Å². The van der Waals surface area contributed by atoms with E-state index in [4.69, 9.17) is 0 Å². The molecule has 2 rings (SSSR count). The van der Waals surface area contributed by atoms with Crippen LogP contribution in [0.2, 0.25) is 0 Å². The van der Waals surface area contributed by atoms with Crippen molar-refractivity contribution in [1.82, 2.24) is 20.1 Å². The van der Waals surface area contributed by atoms with Crippen molar-refractivity contribution >= 4 is 11.8 Å². The Bertz CT molecular complexity index is 476. The molecule has 120 valence electrons. The summed E-state index contributed by atoms with van der Waals surface area (Å²) < 4.78 is 1.74. The highest BCUT2D eigenvalue weighted by Crippen LogP contribution is 2.29. The van der Waals surface area contributed by atoms with E-state index in [1.807, 2.05) is 13.8 Å². The molecule has 1 aliphatic carbocycles. The van der Waals surface area contributed by atoms with Gasteiger partial charge in [-0.05, 0) is 39.2 Å². The minimum atomic E-state index is -0.106. The first-order chi connectivity index (χ1) is 10.1. The molecule has 0 aliphatic heterocycles. The predicted octanol–water partition coefficient (Wildman–Crippen LogP) is 2.80. The number of aromatic nitrogens is 3. The van der Waals surface area contributed by atoms with Crippen LogP contribution in [0.25, 0.3) is 0 Å². The summed E-state index contributed by atoms with van der Waals surface area (Å²) in [6.07, 6.45) is 6.76. The Kier molecular flexibility index (Phi) is 6.36. The van der Waals surface area contributed by atoms with Gasteiger partial charge >= 0.3 is 5.69 Å². The van der Waals surface area contributed by atoms with E-state index >= 15 is 0 Å². The average molecular weight is 312 g/mol. The molecule has 0 amide bonds. The van der Waals surface area contributed by atoms with E-state index in [0.717, 1.165) is 23.4 Å². The van der Waals surface area contributed by atoms with Crippen LogP contribution in [0.5, 0.6) is 0 Å². The van der Waals surface area contributed by atoms with Crippen molar-refractivity contribution < 1.29 is 0 Å². The van der Waals surface area contributed by atoms with Crippen LogP contribution >= 0.6 is 11.8 Å². The van der Waals surface area contributed by atoms with Gasteiger partial charge in [0.15, 0.2) is 5.16 Å². The normalized spacial score (nSPS) is 18.3. The highest BCUT2D eigenvalue weighted by Gasteiger charge is 2.24. The zero-order chi connectivity index (χ0) is 15.2. The van der Waals surface area contributed by atoms with E-state index < -0.39 is 0 Å². The molecule has 5 nitrogen and oxygen atoms in total. The number of hydrogen-bond acceptors (Lipinski definition) is 4. The van der Waals surface area contributed by atoms with Gasteiger partial charge in [0.05, 0.1) is 0 Å². The van der Waals surface area contributed by atoms with Crippen LogP contribution in [0.4, 0.5) is 0 Å². The number of thioether (sulfide) groups is 1. The molecular weight excluding hydrogens is 284 g/mol. The Morgan fingerprint density at radius 2 is 2.10 bits per heavy atom. The van der Waals surface area contributed by atoms with Crippen molar-refractivity contribution in [3.8, 4) is 0 Å². The number of nitrogens with zero attached hydrogens (tertiary/aromatic N) is 2. The van der Waals surface area contributed by atoms with E-state index in [1.165, 1.54) is 32.1 Å². The highest BCUT2D eigenvalue weighted by atomic mass is 32.2. The Balaban J connectivity index is 1.99. The third-order valence-electron chi connectivity index (χ3n) is 4.27. The van der Waals surface area contributed by atoms with Crippen molar-refractivity contribution in [2.75, 3.05) is 12.3 Å². The van der Waals surface area contributed by atoms with Crippen LogP contribution < -0.4 is 11.0 Å². The molecule has 1 aromatic heterocycles. The molecule has 1 aromatic rings. The van der Waals surface area contributed by atoms with E-state index in [2.05, 4.69) is 22.4 Å². The quantitative estimate of drug-likeness (QED) is 0.760. The summed E-state index contributed by atoms with van der Waals surface area (Å²) in [5.74, 6) is 1.75. The van der Waals surface area contributed by atoms with Crippen molar-refractivity contribution in [2.45, 2.75) is 70.1 Å². The lowest BCUT2D eigenvalue weighted by atomic mass is 9.84. The molecule has 0 radical (unpaired) electrons. The lowest BCUT2D eigenvalue weighted by molar-refractivity contribution is 0.287. The molecule has 0 saturated heterocycles. The van der Waals surface area contributed by atoms with Crippen LogP contribution in [-0.2, 0) is 0 Å². The summed E-state index contributed by atoms with van der Waals surface area (Å²) in [6.45, 7) is 7.20. The molecule has 2 N–H and O–H groups in total. The van der Waals surface area contributed by atoms with Crippen molar-refractivity contribution in [2.24, 2.45) is 5.92 Å². The van der Waals surface area contributed by atoms with E-state index in [-0.39, 0.29) is 11.7 Å². The van der Waals surface area contributed by atoms with Crippen molar-refractivity contribution in [1.29, 1.82) is 0 Å². The molecule has 1 aliphatic rings. The molecule has 0 aromatic carbocycles. The summed E-state index contributed by atoms with van der Waals surface area (Å²) in [4.78, 5) is 11.8. The third kappa shape index (κ3) is 4.36. The number of H-pyrrole nitrogens is 1. The Labute approximate surface area is 131 Å². The molecule has 6 heteroatoms. The van der Waals surface area contributed by atoms with Gasteiger partial charge in [0, 0.05) is 17.8 Å². The first-order valence-electron chi connectivity index (χ1n) is 8.16. The summed E-state index contributed by atoms with van der Waals surface area (Å²) in [5, 5.41) is 11.2. The number of nitrogens with one attached hydrogen (secondary N) is 2. The fourth-order valence-corrected chi connectivity index (χ4v) is 4.43. The predicted molar refractivity (Wildman–Crippen MR) is 88.0 cm³/mol. The third-order valence-corrected chi connectivity index (χ3v) is 5.34. The van der Waals surface area contributed by atoms with E-state index in [1.54, 1.807) is 16.3 Å². The maximum absolute atomic E-state index is 11.8.